The number of carbonyl (C=O) groups excluding carboxylic acids is 1. The van der Waals surface area contributed by atoms with Gasteiger partial charge in [0.2, 0.25) is 15.9 Å². The zero-order valence-electron chi connectivity index (χ0n) is 13.4. The van der Waals surface area contributed by atoms with Crippen LogP contribution >= 0.6 is 0 Å². The van der Waals surface area contributed by atoms with E-state index in [9.17, 15) is 18.0 Å². The fourth-order valence-corrected chi connectivity index (χ4v) is 4.80. The van der Waals surface area contributed by atoms with Crippen LogP contribution in [-0.2, 0) is 14.8 Å². The summed E-state index contributed by atoms with van der Waals surface area (Å²) in [6.07, 6.45) is 0.529. The van der Waals surface area contributed by atoms with Crippen LogP contribution in [0.25, 0.3) is 11.1 Å². The van der Waals surface area contributed by atoms with Gasteiger partial charge < -0.3 is 9.73 Å². The number of rotatable bonds is 4. The second-order valence-corrected chi connectivity index (χ2v) is 8.22. The summed E-state index contributed by atoms with van der Waals surface area (Å²) in [5, 5.41) is 2.73. The Morgan fingerprint density at radius 2 is 2.12 bits per heavy atom. The lowest BCUT2D eigenvalue weighted by molar-refractivity contribution is -0.120. The van der Waals surface area contributed by atoms with E-state index in [0.29, 0.717) is 29.8 Å². The minimum atomic E-state index is -3.39. The number of benzene rings is 1. The van der Waals surface area contributed by atoms with E-state index in [4.69, 9.17) is 4.42 Å². The van der Waals surface area contributed by atoms with Crippen molar-refractivity contribution in [3.8, 4) is 0 Å². The molecule has 0 saturated carbocycles. The van der Waals surface area contributed by atoms with Crippen LogP contribution in [0, 0.1) is 5.92 Å². The molecule has 1 aromatic carbocycles. The van der Waals surface area contributed by atoms with Crippen LogP contribution in [0.2, 0.25) is 0 Å². The highest BCUT2D eigenvalue weighted by Crippen LogP contribution is 2.24. The Bertz CT molecular complexity index is 928. The van der Waals surface area contributed by atoms with Gasteiger partial charge in [0.05, 0.1) is 11.3 Å². The van der Waals surface area contributed by atoms with Crippen LogP contribution < -0.4 is 11.1 Å². The molecular formula is C15H19N3O5S. The van der Waals surface area contributed by atoms with Gasteiger partial charge in [-0.05, 0) is 30.5 Å². The molecule has 1 atom stereocenters. The number of anilines is 1. The third-order valence-electron chi connectivity index (χ3n) is 4.03. The second kappa shape index (κ2) is 6.06. The maximum atomic E-state index is 12.7. The highest BCUT2D eigenvalue weighted by Gasteiger charge is 2.39. The van der Waals surface area contributed by atoms with Crippen molar-refractivity contribution in [2.45, 2.75) is 26.3 Å². The molecule has 1 amide bonds. The van der Waals surface area contributed by atoms with Gasteiger partial charge in [-0.3, -0.25) is 9.78 Å². The van der Waals surface area contributed by atoms with Crippen LogP contribution in [0.3, 0.4) is 0 Å². The van der Waals surface area contributed by atoms with Crippen molar-refractivity contribution in [1.82, 2.24) is 9.29 Å². The van der Waals surface area contributed by atoms with Crippen molar-refractivity contribution in [3.05, 3.63) is 28.7 Å². The normalized spacial score (nSPS) is 19.0. The Morgan fingerprint density at radius 1 is 1.38 bits per heavy atom. The first-order valence-corrected chi connectivity index (χ1v) is 9.32. The number of carbonyl (C=O) groups is 1. The van der Waals surface area contributed by atoms with E-state index in [2.05, 4.69) is 10.3 Å². The molecule has 0 spiro atoms. The van der Waals surface area contributed by atoms with Gasteiger partial charge in [0.15, 0.2) is 5.58 Å². The summed E-state index contributed by atoms with van der Waals surface area (Å²) in [7, 11) is -3.39. The summed E-state index contributed by atoms with van der Waals surface area (Å²) in [6.45, 7) is 3.98. The van der Waals surface area contributed by atoms with Crippen molar-refractivity contribution in [1.29, 1.82) is 0 Å². The Morgan fingerprint density at radius 3 is 2.75 bits per heavy atom. The minimum Gasteiger partial charge on any atom is -0.408 e. The fraction of sp³-hybridized carbons (Fsp3) is 0.467. The van der Waals surface area contributed by atoms with Gasteiger partial charge in [-0.25, -0.2) is 13.2 Å². The lowest BCUT2D eigenvalue weighted by atomic mass is 10.0. The van der Waals surface area contributed by atoms with Crippen molar-refractivity contribution in [2.75, 3.05) is 17.6 Å². The number of aromatic nitrogens is 1. The van der Waals surface area contributed by atoms with Crippen LogP contribution in [0.1, 0.15) is 20.3 Å². The van der Waals surface area contributed by atoms with E-state index in [0.717, 1.165) is 0 Å². The number of oxazole rings is 1. The largest absolute Gasteiger partial charge is 0.417 e. The molecule has 0 aliphatic carbocycles. The average molecular weight is 353 g/mol. The number of nitrogens with zero attached hydrogens (tertiary/aromatic N) is 1. The molecule has 2 heterocycles. The van der Waals surface area contributed by atoms with E-state index in [-0.39, 0.29) is 17.6 Å². The van der Waals surface area contributed by atoms with Gasteiger partial charge >= 0.3 is 5.76 Å². The van der Waals surface area contributed by atoms with E-state index in [1.165, 1.54) is 4.31 Å². The summed E-state index contributed by atoms with van der Waals surface area (Å²) < 4.78 is 30.5. The number of hydrogen-bond donors (Lipinski definition) is 2. The average Bonchev–Trinajstić information content (AvgIpc) is 3.00. The first-order chi connectivity index (χ1) is 11.3. The Kier molecular flexibility index (Phi) is 4.22. The maximum absolute atomic E-state index is 12.7. The van der Waals surface area contributed by atoms with E-state index >= 15 is 0 Å². The van der Waals surface area contributed by atoms with E-state index < -0.39 is 21.8 Å². The zero-order valence-corrected chi connectivity index (χ0v) is 14.2. The smallest absolute Gasteiger partial charge is 0.408 e. The van der Waals surface area contributed by atoms with Gasteiger partial charge in [-0.2, -0.15) is 4.31 Å². The first kappa shape index (κ1) is 16.7. The van der Waals surface area contributed by atoms with Gasteiger partial charge in [-0.1, -0.05) is 13.8 Å². The highest BCUT2D eigenvalue weighted by molar-refractivity contribution is 7.89. The predicted molar refractivity (Wildman–Crippen MR) is 89.2 cm³/mol. The summed E-state index contributed by atoms with van der Waals surface area (Å²) in [5.74, 6) is -1.06. The molecule has 1 aromatic heterocycles. The van der Waals surface area contributed by atoms with Gasteiger partial charge in [-0.15, -0.1) is 0 Å². The standard InChI is InChI=1S/C15H19N3O5S/c1-9(2)13(18-6-3-7-24(18,21)22)14(19)16-10-4-5-12-11(8-10)17-15(20)23-12/h4-5,8-9,13H,3,6-7H2,1-2H3,(H,16,19)(H,17,20). The number of fused-ring (bicyclic) bond motifs is 1. The quantitative estimate of drug-likeness (QED) is 0.855. The molecule has 1 unspecified atom stereocenters. The third-order valence-corrected chi connectivity index (χ3v) is 5.96. The van der Waals surface area contributed by atoms with Crippen LogP contribution in [0.4, 0.5) is 5.69 Å². The zero-order chi connectivity index (χ0) is 17.5. The lowest BCUT2D eigenvalue weighted by Gasteiger charge is -2.28. The highest BCUT2D eigenvalue weighted by atomic mass is 32.2. The molecule has 2 N–H and O–H groups in total. The predicted octanol–water partition coefficient (Wildman–Crippen LogP) is 1.12. The van der Waals surface area contributed by atoms with Gasteiger partial charge in [0.1, 0.15) is 6.04 Å². The molecule has 130 valence electrons. The first-order valence-electron chi connectivity index (χ1n) is 7.71. The molecule has 0 bridgehead atoms. The molecule has 1 saturated heterocycles. The summed E-state index contributed by atoms with van der Waals surface area (Å²) in [6, 6.07) is 3.98. The monoisotopic (exact) mass is 353 g/mol. The number of H-pyrrole nitrogens is 1. The number of nitrogens with one attached hydrogen (secondary N) is 2. The minimum absolute atomic E-state index is 0.0751. The maximum Gasteiger partial charge on any atom is 0.417 e. The molecular weight excluding hydrogens is 334 g/mol. The number of aromatic amines is 1. The van der Waals surface area contributed by atoms with Crippen molar-refractivity contribution < 1.29 is 17.6 Å². The fourth-order valence-electron chi connectivity index (χ4n) is 2.98. The van der Waals surface area contributed by atoms with Crippen molar-refractivity contribution in [2.24, 2.45) is 5.92 Å². The molecule has 1 fully saturated rings. The lowest BCUT2D eigenvalue weighted by Crippen LogP contribution is -2.48. The Labute approximate surface area is 138 Å². The van der Waals surface area contributed by atoms with Gasteiger partial charge in [0.25, 0.3) is 0 Å². The Hall–Kier alpha value is -2.13. The summed E-state index contributed by atoms with van der Waals surface area (Å²) in [4.78, 5) is 26.4. The molecule has 9 heteroatoms. The van der Waals surface area contributed by atoms with Crippen LogP contribution in [0.15, 0.2) is 27.4 Å². The topological polar surface area (TPSA) is 112 Å². The molecule has 1 aliphatic rings. The molecule has 8 nitrogen and oxygen atoms in total. The van der Waals surface area contributed by atoms with Crippen LogP contribution in [-0.4, -0.2) is 42.0 Å². The SMILES string of the molecule is CC(C)C(C(=O)Nc1ccc2oc(=O)[nH]c2c1)N1CCCS1(=O)=O. The van der Waals surface area contributed by atoms with Crippen molar-refractivity contribution in [3.63, 3.8) is 0 Å². The number of hydrogen-bond acceptors (Lipinski definition) is 5. The summed E-state index contributed by atoms with van der Waals surface area (Å²) in [5.41, 5.74) is 1.32. The summed E-state index contributed by atoms with van der Waals surface area (Å²) >= 11 is 0. The van der Waals surface area contributed by atoms with E-state index in [1.807, 2.05) is 13.8 Å². The molecule has 2 aromatic rings. The molecule has 0 radical (unpaired) electrons. The van der Waals surface area contributed by atoms with Gasteiger partial charge in [0, 0.05) is 12.2 Å². The molecule has 3 rings (SSSR count). The van der Waals surface area contributed by atoms with Crippen molar-refractivity contribution >= 4 is 32.7 Å². The molecule has 1 aliphatic heterocycles. The second-order valence-electron chi connectivity index (χ2n) is 6.18. The van der Waals surface area contributed by atoms with Crippen LogP contribution in [0.5, 0.6) is 0 Å². The number of sulfonamides is 1. The third kappa shape index (κ3) is 3.09. The molecule has 24 heavy (non-hydrogen) atoms. The van der Waals surface area contributed by atoms with E-state index in [1.54, 1.807) is 18.2 Å². The Balaban J connectivity index is 1.86. The number of amides is 1.